The van der Waals surface area contributed by atoms with E-state index in [-0.39, 0.29) is 11.9 Å². The molecule has 2 aromatic rings. The van der Waals surface area contributed by atoms with Crippen LogP contribution in [-0.2, 0) is 0 Å². The Balaban J connectivity index is 1.70. The van der Waals surface area contributed by atoms with Crippen LogP contribution in [0.4, 0.5) is 16.2 Å². The molecule has 1 N–H and O–H groups in total. The number of benzene rings is 1. The minimum Gasteiger partial charge on any atom is -0.327 e. The molecule has 1 fully saturated rings. The van der Waals surface area contributed by atoms with Crippen LogP contribution in [0, 0.1) is 0 Å². The highest BCUT2D eigenvalue weighted by Gasteiger charge is 2.23. The zero-order chi connectivity index (χ0) is 15.5. The molecule has 114 valence electrons. The van der Waals surface area contributed by atoms with Crippen molar-refractivity contribution in [2.45, 2.75) is 6.42 Å². The van der Waals surface area contributed by atoms with Crippen LogP contribution < -0.4 is 10.2 Å². The van der Waals surface area contributed by atoms with Crippen molar-refractivity contribution in [3.63, 3.8) is 0 Å². The standard InChI is InChI=1S/C16H17N3O2S/c1-18-9-3-10-19(16(18)21)13-7-5-12(6-8-13)17-15(20)14-4-2-11-22-14/h2,4-8,11H,3,9-10H2,1H3,(H,17,20). The van der Waals surface area contributed by atoms with E-state index in [1.165, 1.54) is 11.3 Å². The molecule has 0 bridgehead atoms. The molecule has 0 unspecified atom stereocenters. The van der Waals surface area contributed by atoms with Crippen molar-refractivity contribution in [3.8, 4) is 0 Å². The van der Waals surface area contributed by atoms with Gasteiger partial charge in [-0.1, -0.05) is 6.07 Å². The Hall–Kier alpha value is -2.34. The third kappa shape index (κ3) is 2.96. The normalized spacial score (nSPS) is 15.0. The van der Waals surface area contributed by atoms with Crippen molar-refractivity contribution in [1.29, 1.82) is 0 Å². The zero-order valence-corrected chi connectivity index (χ0v) is 13.1. The number of nitrogens with one attached hydrogen (secondary N) is 1. The van der Waals surface area contributed by atoms with E-state index in [1.54, 1.807) is 15.9 Å². The van der Waals surface area contributed by atoms with Gasteiger partial charge in [0, 0.05) is 31.5 Å². The van der Waals surface area contributed by atoms with E-state index in [4.69, 9.17) is 0 Å². The Morgan fingerprint density at radius 1 is 1.18 bits per heavy atom. The van der Waals surface area contributed by atoms with Gasteiger partial charge in [-0.25, -0.2) is 4.79 Å². The Morgan fingerprint density at radius 2 is 1.95 bits per heavy atom. The summed E-state index contributed by atoms with van der Waals surface area (Å²) in [5, 5.41) is 4.72. The smallest absolute Gasteiger partial charge is 0.324 e. The van der Waals surface area contributed by atoms with Crippen LogP contribution in [0.3, 0.4) is 0 Å². The van der Waals surface area contributed by atoms with Crippen LogP contribution in [0.15, 0.2) is 41.8 Å². The zero-order valence-electron chi connectivity index (χ0n) is 12.3. The number of hydrogen-bond donors (Lipinski definition) is 1. The van der Waals surface area contributed by atoms with E-state index < -0.39 is 0 Å². The van der Waals surface area contributed by atoms with E-state index in [0.717, 1.165) is 30.9 Å². The van der Waals surface area contributed by atoms with Gasteiger partial charge in [0.15, 0.2) is 0 Å². The summed E-state index contributed by atoms with van der Waals surface area (Å²) >= 11 is 1.41. The maximum atomic E-state index is 12.1. The summed E-state index contributed by atoms with van der Waals surface area (Å²) < 4.78 is 0. The number of hydrogen-bond acceptors (Lipinski definition) is 3. The summed E-state index contributed by atoms with van der Waals surface area (Å²) in [5.41, 5.74) is 1.57. The van der Waals surface area contributed by atoms with Gasteiger partial charge in [0.2, 0.25) is 0 Å². The molecule has 1 saturated heterocycles. The van der Waals surface area contributed by atoms with Crippen molar-refractivity contribution < 1.29 is 9.59 Å². The molecular weight excluding hydrogens is 298 g/mol. The number of rotatable bonds is 3. The fourth-order valence-corrected chi connectivity index (χ4v) is 3.05. The highest BCUT2D eigenvalue weighted by Crippen LogP contribution is 2.22. The van der Waals surface area contributed by atoms with Gasteiger partial charge in [-0.05, 0) is 42.1 Å². The lowest BCUT2D eigenvalue weighted by Gasteiger charge is -2.33. The van der Waals surface area contributed by atoms with E-state index in [1.807, 2.05) is 42.8 Å². The van der Waals surface area contributed by atoms with Crippen LogP contribution in [0.2, 0.25) is 0 Å². The molecule has 0 spiro atoms. The molecule has 0 saturated carbocycles. The summed E-state index contributed by atoms with van der Waals surface area (Å²) in [6, 6.07) is 11.0. The molecule has 0 aliphatic carbocycles. The monoisotopic (exact) mass is 315 g/mol. The van der Waals surface area contributed by atoms with Crippen molar-refractivity contribution >= 4 is 34.6 Å². The first kappa shape index (κ1) is 14.6. The number of nitrogens with zero attached hydrogens (tertiary/aromatic N) is 2. The van der Waals surface area contributed by atoms with Gasteiger partial charge in [0.25, 0.3) is 5.91 Å². The fraction of sp³-hybridized carbons (Fsp3) is 0.250. The first-order chi connectivity index (χ1) is 10.6. The summed E-state index contributed by atoms with van der Waals surface area (Å²) in [6.07, 6.45) is 0.957. The number of thiophene rings is 1. The first-order valence-corrected chi connectivity index (χ1v) is 8.00. The second-order valence-corrected chi connectivity index (χ2v) is 6.14. The molecule has 5 nitrogen and oxygen atoms in total. The van der Waals surface area contributed by atoms with E-state index in [0.29, 0.717) is 4.88 Å². The van der Waals surface area contributed by atoms with E-state index in [9.17, 15) is 9.59 Å². The SMILES string of the molecule is CN1CCCN(c2ccc(NC(=O)c3cccs3)cc2)C1=O. The van der Waals surface area contributed by atoms with Crippen LogP contribution >= 0.6 is 11.3 Å². The van der Waals surface area contributed by atoms with Crippen LogP contribution in [0.25, 0.3) is 0 Å². The largest absolute Gasteiger partial charge is 0.327 e. The summed E-state index contributed by atoms with van der Waals surface area (Å²) in [4.78, 5) is 28.3. The van der Waals surface area contributed by atoms with Gasteiger partial charge in [-0.2, -0.15) is 0 Å². The average Bonchev–Trinajstić information content (AvgIpc) is 3.05. The molecule has 2 heterocycles. The highest BCUT2D eigenvalue weighted by atomic mass is 32.1. The van der Waals surface area contributed by atoms with Gasteiger partial charge in [-0.15, -0.1) is 11.3 Å². The van der Waals surface area contributed by atoms with E-state index >= 15 is 0 Å². The minimum absolute atomic E-state index is 0.0154. The molecule has 1 aliphatic heterocycles. The average molecular weight is 315 g/mol. The van der Waals surface area contributed by atoms with Crippen molar-refractivity contribution in [3.05, 3.63) is 46.7 Å². The Kier molecular flexibility index (Phi) is 4.11. The number of carbonyl (C=O) groups excluding carboxylic acids is 2. The topological polar surface area (TPSA) is 52.6 Å². The van der Waals surface area contributed by atoms with Crippen LogP contribution in [0.5, 0.6) is 0 Å². The predicted molar refractivity (Wildman–Crippen MR) is 88.7 cm³/mol. The van der Waals surface area contributed by atoms with Crippen molar-refractivity contribution in [1.82, 2.24) is 4.90 Å². The predicted octanol–water partition coefficient (Wildman–Crippen LogP) is 3.26. The quantitative estimate of drug-likeness (QED) is 0.945. The molecule has 3 rings (SSSR count). The van der Waals surface area contributed by atoms with Crippen LogP contribution in [-0.4, -0.2) is 37.0 Å². The third-order valence-corrected chi connectivity index (χ3v) is 4.48. The first-order valence-electron chi connectivity index (χ1n) is 7.13. The second kappa shape index (κ2) is 6.19. The lowest BCUT2D eigenvalue weighted by Crippen LogP contribution is -2.47. The summed E-state index contributed by atoms with van der Waals surface area (Å²) in [6.45, 7) is 1.52. The molecule has 0 radical (unpaired) electrons. The maximum Gasteiger partial charge on any atom is 0.324 e. The highest BCUT2D eigenvalue weighted by molar-refractivity contribution is 7.12. The Labute approximate surface area is 133 Å². The molecule has 1 aliphatic rings. The molecule has 22 heavy (non-hydrogen) atoms. The number of urea groups is 1. The number of amides is 3. The number of anilines is 2. The van der Waals surface area contributed by atoms with Gasteiger partial charge < -0.3 is 10.2 Å². The molecule has 0 atom stereocenters. The van der Waals surface area contributed by atoms with E-state index in [2.05, 4.69) is 5.32 Å². The number of carbonyl (C=O) groups is 2. The Bertz CT molecular complexity index is 667. The molecular formula is C16H17N3O2S. The second-order valence-electron chi connectivity index (χ2n) is 5.19. The molecule has 3 amide bonds. The lowest BCUT2D eigenvalue weighted by molar-refractivity contribution is 0.103. The molecule has 6 heteroatoms. The molecule has 1 aromatic heterocycles. The van der Waals surface area contributed by atoms with Crippen LogP contribution in [0.1, 0.15) is 16.1 Å². The fourth-order valence-electron chi connectivity index (χ4n) is 2.43. The third-order valence-electron chi connectivity index (χ3n) is 3.61. The summed E-state index contributed by atoms with van der Waals surface area (Å²) in [5.74, 6) is -0.114. The van der Waals surface area contributed by atoms with Gasteiger partial charge >= 0.3 is 6.03 Å². The minimum atomic E-state index is -0.114. The lowest BCUT2D eigenvalue weighted by atomic mass is 10.2. The maximum absolute atomic E-state index is 12.1. The van der Waals surface area contributed by atoms with Crippen molar-refractivity contribution in [2.75, 3.05) is 30.4 Å². The summed E-state index contributed by atoms with van der Waals surface area (Å²) in [7, 11) is 1.81. The molecule has 1 aromatic carbocycles. The van der Waals surface area contributed by atoms with Gasteiger partial charge in [0.1, 0.15) is 0 Å². The van der Waals surface area contributed by atoms with Crippen molar-refractivity contribution in [2.24, 2.45) is 0 Å². The van der Waals surface area contributed by atoms with Gasteiger partial charge in [0.05, 0.1) is 4.88 Å². The Morgan fingerprint density at radius 3 is 2.64 bits per heavy atom. The van der Waals surface area contributed by atoms with Gasteiger partial charge in [-0.3, -0.25) is 9.69 Å².